The third kappa shape index (κ3) is 3.76. The molecule has 0 aromatic carbocycles. The van der Waals surface area contributed by atoms with E-state index in [4.69, 9.17) is 9.84 Å². The molecule has 0 saturated heterocycles. The summed E-state index contributed by atoms with van der Waals surface area (Å²) in [7, 11) is 1.51. The van der Waals surface area contributed by atoms with Gasteiger partial charge in [-0.25, -0.2) is 4.98 Å². The molecule has 94 valence electrons. The van der Waals surface area contributed by atoms with Crippen molar-refractivity contribution in [2.45, 2.75) is 0 Å². The number of hydrogen-bond donors (Lipinski definition) is 1. The van der Waals surface area contributed by atoms with Crippen LogP contribution in [0.3, 0.4) is 0 Å². The number of halogens is 1. The molecule has 0 saturated carbocycles. The van der Waals surface area contributed by atoms with Gasteiger partial charge in [-0.15, -0.1) is 0 Å². The monoisotopic (exact) mass is 242 g/mol. The van der Waals surface area contributed by atoms with Gasteiger partial charge in [0.25, 0.3) is 5.91 Å². The second-order valence-corrected chi connectivity index (χ2v) is 3.35. The van der Waals surface area contributed by atoms with E-state index >= 15 is 0 Å². The zero-order valence-electron chi connectivity index (χ0n) is 9.60. The van der Waals surface area contributed by atoms with Crippen LogP contribution in [0, 0.1) is 5.95 Å². The summed E-state index contributed by atoms with van der Waals surface area (Å²) in [4.78, 5) is 16.7. The predicted octanol–water partition coefficient (Wildman–Crippen LogP) is 0.302. The van der Waals surface area contributed by atoms with Crippen LogP contribution in [0.1, 0.15) is 10.4 Å². The van der Waals surface area contributed by atoms with Crippen molar-refractivity contribution in [2.75, 3.05) is 33.4 Å². The van der Waals surface area contributed by atoms with E-state index in [9.17, 15) is 9.18 Å². The summed E-state index contributed by atoms with van der Waals surface area (Å²) < 4.78 is 18.2. The van der Waals surface area contributed by atoms with E-state index in [2.05, 4.69) is 4.98 Å². The lowest BCUT2D eigenvalue weighted by Crippen LogP contribution is -2.36. The maximum Gasteiger partial charge on any atom is 0.258 e. The molecule has 1 rings (SSSR count). The van der Waals surface area contributed by atoms with E-state index in [0.29, 0.717) is 13.2 Å². The Bertz CT molecular complexity index is 373. The topological polar surface area (TPSA) is 62.7 Å². The molecule has 0 fully saturated rings. The molecule has 1 heterocycles. The Hall–Kier alpha value is -1.53. The summed E-state index contributed by atoms with van der Waals surface area (Å²) in [6.07, 6.45) is 1.28. The molecule has 1 aromatic rings. The Morgan fingerprint density at radius 1 is 1.59 bits per heavy atom. The van der Waals surface area contributed by atoms with Crippen LogP contribution in [0.15, 0.2) is 18.3 Å². The van der Waals surface area contributed by atoms with Crippen LogP contribution >= 0.6 is 0 Å². The van der Waals surface area contributed by atoms with Gasteiger partial charge in [-0.3, -0.25) is 4.79 Å². The van der Waals surface area contributed by atoms with Crippen LogP contribution in [0.4, 0.5) is 4.39 Å². The number of methoxy groups -OCH3 is 1. The number of aromatic nitrogens is 1. The van der Waals surface area contributed by atoms with Crippen molar-refractivity contribution in [3.05, 3.63) is 29.8 Å². The highest BCUT2D eigenvalue weighted by molar-refractivity contribution is 5.94. The second kappa shape index (κ2) is 6.93. The highest BCUT2D eigenvalue weighted by atomic mass is 19.1. The van der Waals surface area contributed by atoms with Crippen molar-refractivity contribution in [3.63, 3.8) is 0 Å². The molecule has 0 unspecified atom stereocenters. The van der Waals surface area contributed by atoms with Crippen molar-refractivity contribution < 1.29 is 19.0 Å². The van der Waals surface area contributed by atoms with Gasteiger partial charge in [0.2, 0.25) is 5.95 Å². The zero-order chi connectivity index (χ0) is 12.7. The molecule has 0 bridgehead atoms. The minimum absolute atomic E-state index is 0.1000. The van der Waals surface area contributed by atoms with Gasteiger partial charge < -0.3 is 14.7 Å². The van der Waals surface area contributed by atoms with Gasteiger partial charge in [0.1, 0.15) is 0 Å². The summed E-state index contributed by atoms with van der Waals surface area (Å²) in [5.41, 5.74) is -0.1000. The van der Waals surface area contributed by atoms with Crippen molar-refractivity contribution in [3.8, 4) is 0 Å². The summed E-state index contributed by atoms with van der Waals surface area (Å²) in [5.74, 6) is -1.31. The average molecular weight is 242 g/mol. The van der Waals surface area contributed by atoms with Crippen molar-refractivity contribution in [1.29, 1.82) is 0 Å². The Morgan fingerprint density at radius 2 is 2.35 bits per heavy atom. The minimum atomic E-state index is -0.808. The van der Waals surface area contributed by atoms with Crippen LogP contribution in [0.5, 0.6) is 0 Å². The fourth-order valence-electron chi connectivity index (χ4n) is 1.35. The van der Waals surface area contributed by atoms with Crippen molar-refractivity contribution >= 4 is 5.91 Å². The van der Waals surface area contributed by atoms with Gasteiger partial charge in [0.05, 0.1) is 18.8 Å². The largest absolute Gasteiger partial charge is 0.395 e. The zero-order valence-corrected chi connectivity index (χ0v) is 9.60. The van der Waals surface area contributed by atoms with Gasteiger partial charge in [-0.2, -0.15) is 4.39 Å². The fraction of sp³-hybridized carbons (Fsp3) is 0.455. The maximum atomic E-state index is 13.3. The summed E-state index contributed by atoms with van der Waals surface area (Å²) >= 11 is 0. The third-order valence-electron chi connectivity index (χ3n) is 2.21. The molecule has 17 heavy (non-hydrogen) atoms. The van der Waals surface area contributed by atoms with Crippen molar-refractivity contribution in [2.24, 2.45) is 0 Å². The van der Waals surface area contributed by atoms with E-state index in [1.165, 1.54) is 30.3 Å². The number of amides is 1. The quantitative estimate of drug-likeness (QED) is 0.729. The van der Waals surface area contributed by atoms with Gasteiger partial charge in [-0.05, 0) is 12.1 Å². The Labute approximate surface area is 98.8 Å². The lowest BCUT2D eigenvalue weighted by Gasteiger charge is -2.21. The molecular weight excluding hydrogens is 227 g/mol. The first-order chi connectivity index (χ1) is 8.20. The Morgan fingerprint density at radius 3 is 2.94 bits per heavy atom. The Kier molecular flexibility index (Phi) is 5.51. The van der Waals surface area contributed by atoms with Gasteiger partial charge >= 0.3 is 0 Å². The molecule has 1 aromatic heterocycles. The lowest BCUT2D eigenvalue weighted by molar-refractivity contribution is 0.0651. The SMILES string of the molecule is COCCN(CCO)C(=O)c1cccnc1F. The number of hydrogen-bond acceptors (Lipinski definition) is 4. The van der Waals surface area contributed by atoms with Crippen molar-refractivity contribution in [1.82, 2.24) is 9.88 Å². The first-order valence-corrected chi connectivity index (χ1v) is 5.20. The smallest absolute Gasteiger partial charge is 0.258 e. The Balaban J connectivity index is 2.80. The summed E-state index contributed by atoms with van der Waals surface area (Å²) in [6, 6.07) is 2.85. The number of pyridine rings is 1. The van der Waals surface area contributed by atoms with E-state index in [1.54, 1.807) is 0 Å². The molecule has 0 aliphatic heterocycles. The molecule has 0 spiro atoms. The number of carbonyl (C=O) groups excluding carboxylic acids is 1. The minimum Gasteiger partial charge on any atom is -0.395 e. The summed E-state index contributed by atoms with van der Waals surface area (Å²) in [5, 5.41) is 8.86. The lowest BCUT2D eigenvalue weighted by atomic mass is 10.2. The van der Waals surface area contributed by atoms with Gasteiger partial charge in [0.15, 0.2) is 0 Å². The number of aliphatic hydroxyl groups excluding tert-OH is 1. The normalized spacial score (nSPS) is 10.3. The predicted molar refractivity (Wildman–Crippen MR) is 59.1 cm³/mol. The number of aliphatic hydroxyl groups is 1. The van der Waals surface area contributed by atoms with Gasteiger partial charge in [-0.1, -0.05) is 0 Å². The fourth-order valence-corrected chi connectivity index (χ4v) is 1.35. The molecule has 0 aliphatic rings. The number of rotatable bonds is 6. The first kappa shape index (κ1) is 13.5. The highest BCUT2D eigenvalue weighted by Crippen LogP contribution is 2.07. The van der Waals surface area contributed by atoms with Crippen LogP contribution in [-0.2, 0) is 4.74 Å². The molecule has 5 nitrogen and oxygen atoms in total. The first-order valence-electron chi connectivity index (χ1n) is 5.20. The molecule has 0 atom stereocenters. The molecule has 0 aliphatic carbocycles. The maximum absolute atomic E-state index is 13.3. The second-order valence-electron chi connectivity index (χ2n) is 3.35. The highest BCUT2D eigenvalue weighted by Gasteiger charge is 2.18. The number of nitrogens with zero attached hydrogens (tertiary/aromatic N) is 2. The van der Waals surface area contributed by atoms with Gasteiger partial charge in [0, 0.05) is 26.4 Å². The number of carbonyl (C=O) groups is 1. The molecule has 6 heteroatoms. The average Bonchev–Trinajstić information content (AvgIpc) is 2.34. The number of ether oxygens (including phenoxy) is 1. The third-order valence-corrected chi connectivity index (χ3v) is 2.21. The summed E-state index contributed by atoms with van der Waals surface area (Å²) in [6.45, 7) is 0.575. The van der Waals surface area contributed by atoms with Crippen LogP contribution in [0.2, 0.25) is 0 Å². The molecular formula is C11H15FN2O3. The van der Waals surface area contributed by atoms with E-state index in [-0.39, 0.29) is 18.7 Å². The van der Waals surface area contributed by atoms with Crippen LogP contribution in [0.25, 0.3) is 0 Å². The molecule has 0 radical (unpaired) electrons. The van der Waals surface area contributed by atoms with E-state index in [0.717, 1.165) is 0 Å². The van der Waals surface area contributed by atoms with Crippen LogP contribution in [-0.4, -0.2) is 54.3 Å². The van der Waals surface area contributed by atoms with Crippen LogP contribution < -0.4 is 0 Å². The molecule has 1 amide bonds. The molecule has 1 N–H and O–H groups in total. The van der Waals surface area contributed by atoms with E-state index in [1.807, 2.05) is 0 Å². The standard InChI is InChI=1S/C11H15FN2O3/c1-17-8-6-14(5-7-15)11(16)9-3-2-4-13-10(9)12/h2-4,15H,5-8H2,1H3. The van der Waals surface area contributed by atoms with E-state index < -0.39 is 11.9 Å².